The minimum absolute atomic E-state index is 0.109. The molecule has 2 rings (SSSR count). The number of hydrogen-bond acceptors (Lipinski definition) is 1. The van der Waals surface area contributed by atoms with Gasteiger partial charge in [-0.25, -0.2) is 0 Å². The standard InChI is InChI=1S/C9H7F3N2/c10-9(11,12)7-4-14-8-2-1-5(13)3-6(7)8/h1-4,14H,13H2. The van der Waals surface area contributed by atoms with Crippen LogP contribution in [0, 0.1) is 0 Å². The normalized spacial score (nSPS) is 12.2. The highest BCUT2D eigenvalue weighted by molar-refractivity contribution is 5.86. The van der Waals surface area contributed by atoms with Crippen molar-refractivity contribution in [3.8, 4) is 0 Å². The van der Waals surface area contributed by atoms with E-state index in [1.807, 2.05) is 0 Å². The summed E-state index contributed by atoms with van der Waals surface area (Å²) in [6, 6.07) is 4.40. The van der Waals surface area contributed by atoms with Gasteiger partial charge in [0.25, 0.3) is 0 Å². The zero-order valence-electron chi connectivity index (χ0n) is 7.02. The maximum absolute atomic E-state index is 12.4. The maximum Gasteiger partial charge on any atom is 0.418 e. The Bertz CT molecular complexity index is 470. The van der Waals surface area contributed by atoms with Crippen LogP contribution >= 0.6 is 0 Å². The monoisotopic (exact) mass is 200 g/mol. The van der Waals surface area contributed by atoms with Crippen molar-refractivity contribution in [2.45, 2.75) is 6.18 Å². The molecule has 2 nitrogen and oxygen atoms in total. The first kappa shape index (κ1) is 8.93. The van der Waals surface area contributed by atoms with Gasteiger partial charge in [-0.15, -0.1) is 0 Å². The predicted octanol–water partition coefficient (Wildman–Crippen LogP) is 2.77. The number of nitrogen functional groups attached to an aromatic ring is 1. The summed E-state index contributed by atoms with van der Waals surface area (Å²) in [5, 5.41) is 0.109. The van der Waals surface area contributed by atoms with Crippen LogP contribution in [-0.4, -0.2) is 4.98 Å². The first-order valence-electron chi connectivity index (χ1n) is 3.92. The fourth-order valence-corrected chi connectivity index (χ4v) is 1.37. The van der Waals surface area contributed by atoms with E-state index >= 15 is 0 Å². The Kier molecular flexibility index (Phi) is 1.70. The third kappa shape index (κ3) is 1.30. The summed E-state index contributed by atoms with van der Waals surface area (Å²) in [5.41, 5.74) is 5.49. The van der Waals surface area contributed by atoms with E-state index in [2.05, 4.69) is 4.98 Å². The van der Waals surface area contributed by atoms with E-state index in [0.717, 1.165) is 6.20 Å². The molecule has 0 saturated heterocycles. The number of alkyl halides is 3. The van der Waals surface area contributed by atoms with E-state index in [-0.39, 0.29) is 5.39 Å². The molecule has 3 N–H and O–H groups in total. The van der Waals surface area contributed by atoms with Gasteiger partial charge >= 0.3 is 6.18 Å². The van der Waals surface area contributed by atoms with Crippen LogP contribution in [0.1, 0.15) is 5.56 Å². The lowest BCUT2D eigenvalue weighted by Gasteiger charge is -2.03. The topological polar surface area (TPSA) is 41.8 Å². The Hall–Kier alpha value is -1.65. The van der Waals surface area contributed by atoms with Crippen LogP contribution in [0.2, 0.25) is 0 Å². The molecule has 1 heterocycles. The number of fused-ring (bicyclic) bond motifs is 1. The third-order valence-corrected chi connectivity index (χ3v) is 2.01. The lowest BCUT2D eigenvalue weighted by molar-refractivity contribution is -0.136. The Morgan fingerprint density at radius 2 is 1.93 bits per heavy atom. The van der Waals surface area contributed by atoms with E-state index in [1.54, 1.807) is 6.07 Å². The highest BCUT2D eigenvalue weighted by Crippen LogP contribution is 2.35. The summed E-state index contributed by atoms with van der Waals surface area (Å²) in [7, 11) is 0. The zero-order chi connectivity index (χ0) is 10.3. The van der Waals surface area contributed by atoms with E-state index in [1.165, 1.54) is 12.1 Å². The van der Waals surface area contributed by atoms with Gasteiger partial charge < -0.3 is 10.7 Å². The average molecular weight is 200 g/mol. The Morgan fingerprint density at radius 1 is 1.21 bits per heavy atom. The van der Waals surface area contributed by atoms with Crippen LogP contribution in [0.25, 0.3) is 10.9 Å². The Labute approximate surface area is 77.5 Å². The van der Waals surface area contributed by atoms with Crippen molar-refractivity contribution in [3.63, 3.8) is 0 Å². The molecule has 1 aromatic heterocycles. The lowest BCUT2D eigenvalue weighted by Crippen LogP contribution is -2.03. The van der Waals surface area contributed by atoms with Gasteiger partial charge in [0.1, 0.15) is 0 Å². The van der Waals surface area contributed by atoms with Crippen molar-refractivity contribution in [3.05, 3.63) is 30.0 Å². The molecule has 0 saturated carbocycles. The van der Waals surface area contributed by atoms with Gasteiger partial charge in [0, 0.05) is 22.8 Å². The maximum atomic E-state index is 12.4. The fraction of sp³-hybridized carbons (Fsp3) is 0.111. The summed E-state index contributed by atoms with van der Waals surface area (Å²) < 4.78 is 37.3. The summed E-state index contributed by atoms with van der Waals surface area (Å²) in [5.74, 6) is 0. The van der Waals surface area contributed by atoms with Crippen molar-refractivity contribution in [2.24, 2.45) is 0 Å². The Balaban J connectivity index is 2.73. The molecule has 74 valence electrons. The average Bonchev–Trinajstić information content (AvgIpc) is 2.45. The number of H-pyrrole nitrogens is 1. The minimum atomic E-state index is -4.34. The van der Waals surface area contributed by atoms with E-state index < -0.39 is 11.7 Å². The third-order valence-electron chi connectivity index (χ3n) is 2.01. The van der Waals surface area contributed by atoms with E-state index in [0.29, 0.717) is 11.2 Å². The van der Waals surface area contributed by atoms with Gasteiger partial charge in [0.2, 0.25) is 0 Å². The van der Waals surface area contributed by atoms with Crippen molar-refractivity contribution < 1.29 is 13.2 Å². The molecule has 0 bridgehead atoms. The quantitative estimate of drug-likeness (QED) is 0.631. The molecular formula is C9H7F3N2. The first-order chi connectivity index (χ1) is 6.48. The molecule has 0 spiro atoms. The minimum Gasteiger partial charge on any atom is -0.399 e. The predicted molar refractivity (Wildman–Crippen MR) is 47.7 cm³/mol. The van der Waals surface area contributed by atoms with Crippen molar-refractivity contribution in [1.29, 1.82) is 0 Å². The van der Waals surface area contributed by atoms with Crippen LogP contribution in [0.5, 0.6) is 0 Å². The second-order valence-corrected chi connectivity index (χ2v) is 3.01. The molecule has 0 unspecified atom stereocenters. The number of anilines is 1. The van der Waals surface area contributed by atoms with E-state index in [9.17, 15) is 13.2 Å². The largest absolute Gasteiger partial charge is 0.418 e. The lowest BCUT2D eigenvalue weighted by atomic mass is 10.1. The molecular weight excluding hydrogens is 193 g/mol. The van der Waals surface area contributed by atoms with Gasteiger partial charge in [-0.1, -0.05) is 0 Å². The smallest absolute Gasteiger partial charge is 0.399 e. The summed E-state index contributed by atoms with van der Waals surface area (Å²) in [6.45, 7) is 0. The number of nitrogens with two attached hydrogens (primary N) is 1. The summed E-state index contributed by atoms with van der Waals surface area (Å²) in [6.07, 6.45) is -3.39. The highest BCUT2D eigenvalue weighted by atomic mass is 19.4. The molecule has 0 amide bonds. The number of halogens is 3. The van der Waals surface area contributed by atoms with Gasteiger partial charge in [-0.3, -0.25) is 0 Å². The van der Waals surface area contributed by atoms with Crippen molar-refractivity contribution >= 4 is 16.6 Å². The molecule has 14 heavy (non-hydrogen) atoms. The molecule has 0 aliphatic carbocycles. The first-order valence-corrected chi connectivity index (χ1v) is 3.92. The highest BCUT2D eigenvalue weighted by Gasteiger charge is 2.33. The van der Waals surface area contributed by atoms with Gasteiger partial charge in [-0.05, 0) is 18.2 Å². The van der Waals surface area contributed by atoms with Gasteiger partial charge in [-0.2, -0.15) is 13.2 Å². The number of nitrogens with one attached hydrogen (secondary N) is 1. The molecule has 0 fully saturated rings. The molecule has 1 aromatic carbocycles. The van der Waals surface area contributed by atoms with Gasteiger partial charge in [0.05, 0.1) is 5.56 Å². The van der Waals surface area contributed by atoms with Crippen LogP contribution in [0.3, 0.4) is 0 Å². The molecule has 0 atom stereocenters. The molecule has 2 aromatic rings. The fourth-order valence-electron chi connectivity index (χ4n) is 1.37. The van der Waals surface area contributed by atoms with Crippen LogP contribution in [0.4, 0.5) is 18.9 Å². The second-order valence-electron chi connectivity index (χ2n) is 3.01. The number of hydrogen-bond donors (Lipinski definition) is 2. The van der Waals surface area contributed by atoms with Crippen molar-refractivity contribution in [2.75, 3.05) is 5.73 Å². The number of benzene rings is 1. The van der Waals surface area contributed by atoms with Crippen LogP contribution in [-0.2, 0) is 6.18 Å². The van der Waals surface area contributed by atoms with Gasteiger partial charge in [0.15, 0.2) is 0 Å². The summed E-state index contributed by atoms with van der Waals surface area (Å²) >= 11 is 0. The molecule has 5 heteroatoms. The number of aromatic nitrogens is 1. The molecule has 0 radical (unpaired) electrons. The van der Waals surface area contributed by atoms with Crippen LogP contribution < -0.4 is 5.73 Å². The second kappa shape index (κ2) is 2.67. The zero-order valence-corrected chi connectivity index (χ0v) is 7.02. The summed E-state index contributed by atoms with van der Waals surface area (Å²) in [4.78, 5) is 2.55. The van der Waals surface area contributed by atoms with E-state index in [4.69, 9.17) is 5.73 Å². The molecule has 0 aliphatic rings. The molecule has 0 aliphatic heterocycles. The SMILES string of the molecule is Nc1ccc2[nH]cc(C(F)(F)F)c2c1. The van der Waals surface area contributed by atoms with Crippen LogP contribution in [0.15, 0.2) is 24.4 Å². The number of aromatic amines is 1. The number of rotatable bonds is 0. The Morgan fingerprint density at radius 3 is 2.57 bits per heavy atom. The van der Waals surface area contributed by atoms with Crippen molar-refractivity contribution in [1.82, 2.24) is 4.98 Å².